The molecular weight excluding hydrogens is 255 g/mol. The Kier molecular flexibility index (Phi) is 3.42. The molecule has 0 aliphatic heterocycles. The van der Waals surface area contributed by atoms with Gasteiger partial charge in [-0.05, 0) is 30.7 Å². The van der Waals surface area contributed by atoms with Gasteiger partial charge < -0.3 is 5.32 Å². The molecule has 0 bridgehead atoms. The molecule has 0 aliphatic rings. The highest BCUT2D eigenvalue weighted by Gasteiger charge is 2.31. The van der Waals surface area contributed by atoms with E-state index < -0.39 is 11.7 Å². The van der Waals surface area contributed by atoms with Crippen molar-refractivity contribution in [2.45, 2.75) is 13.1 Å². The highest BCUT2D eigenvalue weighted by molar-refractivity contribution is 5.65. The van der Waals surface area contributed by atoms with E-state index in [0.717, 1.165) is 17.7 Å². The average molecular weight is 267 g/mol. The lowest BCUT2D eigenvalue weighted by Crippen LogP contribution is -2.07. The van der Waals surface area contributed by atoms with Gasteiger partial charge in [-0.3, -0.25) is 4.98 Å². The Labute approximate surface area is 108 Å². The van der Waals surface area contributed by atoms with Gasteiger partial charge in [-0.1, -0.05) is 0 Å². The van der Waals surface area contributed by atoms with Gasteiger partial charge in [-0.15, -0.1) is 0 Å². The minimum Gasteiger partial charge on any atom is -0.373 e. The van der Waals surface area contributed by atoms with Crippen LogP contribution >= 0.6 is 0 Å². The molecular formula is C13H12F3N3. The fourth-order valence-electron chi connectivity index (χ4n) is 1.72. The molecule has 3 nitrogen and oxygen atoms in total. The topological polar surface area (TPSA) is 37.8 Å². The van der Waals surface area contributed by atoms with Gasteiger partial charge >= 0.3 is 6.18 Å². The number of hydrogen-bond acceptors (Lipinski definition) is 3. The fourth-order valence-corrected chi connectivity index (χ4v) is 1.72. The predicted molar refractivity (Wildman–Crippen MR) is 66.8 cm³/mol. The molecule has 6 heteroatoms. The van der Waals surface area contributed by atoms with E-state index in [2.05, 4.69) is 15.3 Å². The van der Waals surface area contributed by atoms with Gasteiger partial charge in [0, 0.05) is 25.0 Å². The number of hydrogen-bond donors (Lipinski definition) is 1. The van der Waals surface area contributed by atoms with Crippen LogP contribution in [0.25, 0.3) is 11.3 Å². The first kappa shape index (κ1) is 13.3. The van der Waals surface area contributed by atoms with Gasteiger partial charge in [0.15, 0.2) is 0 Å². The highest BCUT2D eigenvalue weighted by Crippen LogP contribution is 2.33. The van der Waals surface area contributed by atoms with Gasteiger partial charge in [0.1, 0.15) is 5.82 Å². The maximum absolute atomic E-state index is 12.8. The first-order chi connectivity index (χ1) is 8.91. The molecule has 0 unspecified atom stereocenters. The van der Waals surface area contributed by atoms with Crippen LogP contribution in [0.3, 0.4) is 0 Å². The van der Waals surface area contributed by atoms with E-state index in [4.69, 9.17) is 0 Å². The largest absolute Gasteiger partial charge is 0.416 e. The monoisotopic (exact) mass is 267 g/mol. The van der Waals surface area contributed by atoms with Crippen LogP contribution in [0.1, 0.15) is 11.1 Å². The van der Waals surface area contributed by atoms with Gasteiger partial charge in [0.25, 0.3) is 0 Å². The molecule has 2 heterocycles. The molecule has 0 atom stereocenters. The van der Waals surface area contributed by atoms with Crippen LogP contribution in [0.15, 0.2) is 30.6 Å². The van der Waals surface area contributed by atoms with Crippen LogP contribution in [0.2, 0.25) is 0 Å². The molecule has 19 heavy (non-hydrogen) atoms. The van der Waals surface area contributed by atoms with E-state index in [9.17, 15) is 13.2 Å². The van der Waals surface area contributed by atoms with Crippen LogP contribution in [0.5, 0.6) is 0 Å². The van der Waals surface area contributed by atoms with Crippen LogP contribution < -0.4 is 5.32 Å². The van der Waals surface area contributed by atoms with Crippen molar-refractivity contribution in [2.75, 3.05) is 12.4 Å². The molecule has 100 valence electrons. The Balaban J connectivity index is 2.61. The molecule has 1 N–H and O–H groups in total. The normalized spacial score (nSPS) is 11.4. The summed E-state index contributed by atoms with van der Waals surface area (Å²) >= 11 is 0. The number of nitrogens with zero attached hydrogens (tertiary/aromatic N) is 2. The highest BCUT2D eigenvalue weighted by atomic mass is 19.4. The van der Waals surface area contributed by atoms with Crippen LogP contribution in [0.4, 0.5) is 19.0 Å². The fraction of sp³-hybridized carbons (Fsp3) is 0.231. The van der Waals surface area contributed by atoms with Crippen molar-refractivity contribution in [1.29, 1.82) is 0 Å². The number of nitrogens with one attached hydrogen (secondary N) is 1. The Morgan fingerprint density at radius 3 is 2.53 bits per heavy atom. The van der Waals surface area contributed by atoms with Gasteiger partial charge in [0.05, 0.1) is 11.3 Å². The molecule has 2 aromatic rings. The Hall–Kier alpha value is -2.11. The van der Waals surface area contributed by atoms with Crippen molar-refractivity contribution in [3.8, 4) is 11.3 Å². The smallest absolute Gasteiger partial charge is 0.373 e. The van der Waals surface area contributed by atoms with Crippen LogP contribution in [-0.4, -0.2) is 17.0 Å². The van der Waals surface area contributed by atoms with Crippen molar-refractivity contribution in [3.63, 3.8) is 0 Å². The maximum atomic E-state index is 12.8. The number of rotatable bonds is 2. The Bertz CT molecular complexity index is 594. The number of anilines is 1. The summed E-state index contributed by atoms with van der Waals surface area (Å²) in [7, 11) is 1.53. The van der Waals surface area contributed by atoms with E-state index in [1.165, 1.54) is 13.2 Å². The first-order valence-electron chi connectivity index (χ1n) is 5.60. The quantitative estimate of drug-likeness (QED) is 0.904. The molecule has 0 saturated carbocycles. The summed E-state index contributed by atoms with van der Waals surface area (Å²) < 4.78 is 38.5. The molecule has 0 saturated heterocycles. The zero-order chi connectivity index (χ0) is 14.0. The number of pyridine rings is 2. The van der Waals surface area contributed by atoms with Crippen molar-refractivity contribution < 1.29 is 13.2 Å². The number of aryl methyl sites for hydroxylation is 1. The Morgan fingerprint density at radius 1 is 1.21 bits per heavy atom. The van der Waals surface area contributed by atoms with E-state index >= 15 is 0 Å². The molecule has 0 fully saturated rings. The molecule has 0 radical (unpaired) electrons. The molecule has 0 spiro atoms. The second-order valence-corrected chi connectivity index (χ2v) is 4.06. The summed E-state index contributed by atoms with van der Waals surface area (Å²) in [4.78, 5) is 8.08. The second-order valence-electron chi connectivity index (χ2n) is 4.06. The van der Waals surface area contributed by atoms with E-state index in [0.29, 0.717) is 5.56 Å². The third-order valence-electron chi connectivity index (χ3n) is 2.71. The minimum atomic E-state index is -4.40. The molecule has 2 rings (SSSR count). The third kappa shape index (κ3) is 2.83. The molecule has 2 aromatic heterocycles. The third-order valence-corrected chi connectivity index (χ3v) is 2.71. The molecule has 0 aliphatic carbocycles. The lowest BCUT2D eigenvalue weighted by Gasteiger charge is -2.12. The molecule has 0 amide bonds. The standard InChI is InChI=1S/C13H12F3N3/c1-8-7-18-4-3-10(8)11-5-9(13(14,15)16)6-12(17-2)19-11/h3-7H,1-2H3,(H,17,19). The van der Waals surface area contributed by atoms with E-state index in [1.54, 1.807) is 19.2 Å². The lowest BCUT2D eigenvalue weighted by atomic mass is 10.1. The summed E-state index contributed by atoms with van der Waals surface area (Å²) in [5, 5.41) is 2.64. The maximum Gasteiger partial charge on any atom is 0.416 e. The van der Waals surface area contributed by atoms with Gasteiger partial charge in [-0.25, -0.2) is 4.98 Å². The number of halogens is 3. The van der Waals surface area contributed by atoms with Crippen LogP contribution in [0, 0.1) is 6.92 Å². The Morgan fingerprint density at radius 2 is 1.95 bits per heavy atom. The minimum absolute atomic E-state index is 0.182. The van der Waals surface area contributed by atoms with Crippen LogP contribution in [-0.2, 0) is 6.18 Å². The van der Waals surface area contributed by atoms with Gasteiger partial charge in [0.2, 0.25) is 0 Å². The zero-order valence-corrected chi connectivity index (χ0v) is 10.4. The number of alkyl halides is 3. The van der Waals surface area contributed by atoms with E-state index in [1.807, 2.05) is 0 Å². The summed E-state index contributed by atoms with van der Waals surface area (Å²) in [6, 6.07) is 3.68. The second kappa shape index (κ2) is 4.87. The summed E-state index contributed by atoms with van der Waals surface area (Å²) in [6.45, 7) is 1.78. The van der Waals surface area contributed by atoms with Crippen molar-refractivity contribution >= 4 is 5.82 Å². The van der Waals surface area contributed by atoms with Gasteiger partial charge in [-0.2, -0.15) is 13.2 Å². The average Bonchev–Trinajstić information content (AvgIpc) is 2.37. The summed E-state index contributed by atoms with van der Waals surface area (Å²) in [6.07, 6.45) is -1.27. The number of aromatic nitrogens is 2. The summed E-state index contributed by atoms with van der Waals surface area (Å²) in [5.74, 6) is 0.182. The predicted octanol–water partition coefficient (Wildman–Crippen LogP) is 3.51. The zero-order valence-electron chi connectivity index (χ0n) is 10.4. The lowest BCUT2D eigenvalue weighted by molar-refractivity contribution is -0.137. The first-order valence-corrected chi connectivity index (χ1v) is 5.60. The molecule has 0 aromatic carbocycles. The van der Waals surface area contributed by atoms with Crippen molar-refractivity contribution in [1.82, 2.24) is 9.97 Å². The summed E-state index contributed by atoms with van der Waals surface area (Å²) in [5.41, 5.74) is 0.964. The van der Waals surface area contributed by atoms with Crippen molar-refractivity contribution in [3.05, 3.63) is 41.7 Å². The van der Waals surface area contributed by atoms with E-state index in [-0.39, 0.29) is 11.5 Å². The SMILES string of the molecule is CNc1cc(C(F)(F)F)cc(-c2ccncc2C)n1. The van der Waals surface area contributed by atoms with Crippen molar-refractivity contribution in [2.24, 2.45) is 0 Å².